The van der Waals surface area contributed by atoms with Crippen LogP contribution < -0.4 is 0 Å². The Bertz CT molecular complexity index is 478. The largest absolute Gasteiger partial charge is 0.0984 e. The van der Waals surface area contributed by atoms with E-state index in [1.54, 1.807) is 16.7 Å². The van der Waals surface area contributed by atoms with Crippen molar-refractivity contribution in [2.75, 3.05) is 0 Å². The Morgan fingerprint density at radius 3 is 2.75 bits per heavy atom. The Labute approximate surface area is 125 Å². The number of fused-ring (bicyclic) bond motifs is 1. The zero-order chi connectivity index (χ0) is 14.5. The van der Waals surface area contributed by atoms with E-state index in [-0.39, 0.29) is 0 Å². The van der Waals surface area contributed by atoms with Crippen LogP contribution in [0.2, 0.25) is 0 Å². The topological polar surface area (TPSA) is 0 Å². The molecule has 20 heavy (non-hydrogen) atoms. The molecule has 0 aromatic heterocycles. The SMILES string of the molecule is C=C1C2C=C(CC)CC3CC(C)=CC13CCC(C)C2C. The van der Waals surface area contributed by atoms with Crippen LogP contribution in [0, 0.1) is 29.1 Å². The molecule has 3 rings (SSSR count). The first-order chi connectivity index (χ1) is 9.48. The molecule has 0 nitrogen and oxygen atoms in total. The first kappa shape index (κ1) is 14.2. The summed E-state index contributed by atoms with van der Waals surface area (Å²) in [6.45, 7) is 14.2. The molecule has 3 aliphatic rings. The molecule has 0 aliphatic heterocycles. The Morgan fingerprint density at radius 2 is 2.05 bits per heavy atom. The van der Waals surface area contributed by atoms with Gasteiger partial charge in [0.05, 0.1) is 0 Å². The van der Waals surface area contributed by atoms with Gasteiger partial charge in [-0.3, -0.25) is 0 Å². The van der Waals surface area contributed by atoms with Gasteiger partial charge in [-0.05, 0) is 56.8 Å². The van der Waals surface area contributed by atoms with Crippen molar-refractivity contribution in [2.45, 2.75) is 59.8 Å². The quantitative estimate of drug-likeness (QED) is 0.519. The van der Waals surface area contributed by atoms with Gasteiger partial charge in [-0.25, -0.2) is 0 Å². The average Bonchev–Trinajstić information content (AvgIpc) is 2.66. The smallest absolute Gasteiger partial charge is 0.0131 e. The molecule has 1 spiro atoms. The molecule has 5 unspecified atom stereocenters. The zero-order valence-electron chi connectivity index (χ0n) is 13.7. The maximum absolute atomic E-state index is 4.65. The van der Waals surface area contributed by atoms with Crippen LogP contribution in [0.4, 0.5) is 0 Å². The highest BCUT2D eigenvalue weighted by Gasteiger charge is 2.49. The summed E-state index contributed by atoms with van der Waals surface area (Å²) < 4.78 is 0. The molecular formula is C20H30. The summed E-state index contributed by atoms with van der Waals surface area (Å²) in [6, 6.07) is 0. The molecule has 0 radical (unpaired) electrons. The van der Waals surface area contributed by atoms with Crippen molar-refractivity contribution in [3.63, 3.8) is 0 Å². The van der Waals surface area contributed by atoms with Crippen molar-refractivity contribution in [3.8, 4) is 0 Å². The predicted octanol–water partition coefficient (Wildman–Crippen LogP) is 5.92. The fourth-order valence-corrected chi connectivity index (χ4v) is 5.10. The van der Waals surface area contributed by atoms with Gasteiger partial charge in [0.15, 0.2) is 0 Å². The third kappa shape index (κ3) is 1.95. The summed E-state index contributed by atoms with van der Waals surface area (Å²) in [5.74, 6) is 2.97. The Hall–Kier alpha value is -0.780. The molecule has 0 amide bonds. The highest BCUT2D eigenvalue weighted by atomic mass is 14.5. The lowest BCUT2D eigenvalue weighted by molar-refractivity contribution is 0.269. The fourth-order valence-electron chi connectivity index (χ4n) is 5.10. The second-order valence-corrected chi connectivity index (χ2v) is 7.74. The van der Waals surface area contributed by atoms with Gasteiger partial charge in [-0.2, -0.15) is 0 Å². The van der Waals surface area contributed by atoms with E-state index in [0.717, 1.165) is 17.8 Å². The van der Waals surface area contributed by atoms with Crippen molar-refractivity contribution < 1.29 is 0 Å². The van der Waals surface area contributed by atoms with Crippen molar-refractivity contribution in [3.05, 3.63) is 35.5 Å². The fraction of sp³-hybridized carbons (Fsp3) is 0.700. The molecule has 0 N–H and O–H groups in total. The predicted molar refractivity (Wildman–Crippen MR) is 87.5 cm³/mol. The summed E-state index contributed by atoms with van der Waals surface area (Å²) in [5, 5.41) is 0. The third-order valence-electron chi connectivity index (χ3n) is 6.66. The van der Waals surface area contributed by atoms with Gasteiger partial charge < -0.3 is 0 Å². The molecule has 3 aliphatic carbocycles. The lowest BCUT2D eigenvalue weighted by atomic mass is 9.67. The van der Waals surface area contributed by atoms with Gasteiger partial charge in [0.25, 0.3) is 0 Å². The summed E-state index contributed by atoms with van der Waals surface area (Å²) in [6.07, 6.45) is 11.7. The maximum atomic E-state index is 4.65. The first-order valence-electron chi connectivity index (χ1n) is 8.55. The highest BCUT2D eigenvalue weighted by Crippen LogP contribution is 2.59. The van der Waals surface area contributed by atoms with E-state index in [9.17, 15) is 0 Å². The lowest BCUT2D eigenvalue weighted by Crippen LogP contribution is -2.28. The van der Waals surface area contributed by atoms with Crippen LogP contribution in [-0.2, 0) is 0 Å². The van der Waals surface area contributed by atoms with Crippen LogP contribution in [0.3, 0.4) is 0 Å². The molecule has 0 saturated heterocycles. The molecule has 0 heteroatoms. The van der Waals surface area contributed by atoms with Crippen LogP contribution in [0.5, 0.6) is 0 Å². The molecule has 0 heterocycles. The third-order valence-corrected chi connectivity index (χ3v) is 6.66. The maximum Gasteiger partial charge on any atom is 0.0131 e. The number of allylic oxidation sites excluding steroid dienone is 5. The normalized spacial score (nSPS) is 44.3. The van der Waals surface area contributed by atoms with E-state index < -0.39 is 0 Å². The molecule has 0 aromatic rings. The second-order valence-electron chi connectivity index (χ2n) is 7.74. The Morgan fingerprint density at radius 1 is 1.30 bits per heavy atom. The van der Waals surface area contributed by atoms with E-state index in [1.165, 1.54) is 32.1 Å². The summed E-state index contributed by atoms with van der Waals surface area (Å²) in [4.78, 5) is 0. The van der Waals surface area contributed by atoms with Gasteiger partial charge in [0, 0.05) is 11.3 Å². The Balaban J connectivity index is 2.11. The van der Waals surface area contributed by atoms with E-state index in [1.807, 2.05) is 0 Å². The second kappa shape index (κ2) is 4.90. The van der Waals surface area contributed by atoms with Crippen LogP contribution in [0.1, 0.15) is 59.8 Å². The van der Waals surface area contributed by atoms with E-state index >= 15 is 0 Å². The monoisotopic (exact) mass is 270 g/mol. The molecule has 1 saturated carbocycles. The summed E-state index contributed by atoms with van der Waals surface area (Å²) in [5.41, 5.74) is 5.16. The molecular weight excluding hydrogens is 240 g/mol. The van der Waals surface area contributed by atoms with Crippen LogP contribution in [0.15, 0.2) is 35.5 Å². The minimum absolute atomic E-state index is 0.321. The van der Waals surface area contributed by atoms with Crippen molar-refractivity contribution in [1.29, 1.82) is 0 Å². The molecule has 2 bridgehead atoms. The standard InChI is InChI=1S/C20H30/c1-6-17-10-18-9-13(2)12-20(18)8-7-14(3)15(4)19(11-17)16(20)5/h11-12,14-15,18-19H,5-10H2,1-4H3. The van der Waals surface area contributed by atoms with Gasteiger partial charge >= 0.3 is 0 Å². The Kier molecular flexibility index (Phi) is 3.47. The first-order valence-corrected chi connectivity index (χ1v) is 8.55. The summed E-state index contributed by atoms with van der Waals surface area (Å²) in [7, 11) is 0. The lowest BCUT2D eigenvalue weighted by Gasteiger charge is -2.37. The van der Waals surface area contributed by atoms with Crippen molar-refractivity contribution in [1.82, 2.24) is 0 Å². The van der Waals surface area contributed by atoms with Crippen molar-refractivity contribution >= 4 is 0 Å². The summed E-state index contributed by atoms with van der Waals surface area (Å²) >= 11 is 0. The minimum atomic E-state index is 0.321. The van der Waals surface area contributed by atoms with E-state index in [0.29, 0.717) is 11.3 Å². The van der Waals surface area contributed by atoms with Crippen LogP contribution in [0.25, 0.3) is 0 Å². The number of hydrogen-bond acceptors (Lipinski definition) is 0. The van der Waals surface area contributed by atoms with Gasteiger partial charge in [-0.15, -0.1) is 0 Å². The minimum Gasteiger partial charge on any atom is -0.0984 e. The highest BCUT2D eigenvalue weighted by molar-refractivity contribution is 5.38. The molecule has 110 valence electrons. The van der Waals surface area contributed by atoms with Crippen LogP contribution >= 0.6 is 0 Å². The molecule has 1 fully saturated rings. The molecule has 0 aromatic carbocycles. The van der Waals surface area contributed by atoms with Gasteiger partial charge in [0.2, 0.25) is 0 Å². The number of rotatable bonds is 1. The van der Waals surface area contributed by atoms with Crippen molar-refractivity contribution in [2.24, 2.45) is 29.1 Å². The van der Waals surface area contributed by atoms with E-state index in [4.69, 9.17) is 0 Å². The zero-order valence-corrected chi connectivity index (χ0v) is 13.7. The van der Waals surface area contributed by atoms with Gasteiger partial charge in [-0.1, -0.05) is 56.2 Å². The average molecular weight is 270 g/mol. The van der Waals surface area contributed by atoms with Crippen LogP contribution in [-0.4, -0.2) is 0 Å². The number of hydrogen-bond donors (Lipinski definition) is 0. The van der Waals surface area contributed by atoms with Gasteiger partial charge in [0.1, 0.15) is 0 Å². The molecule has 5 atom stereocenters. The van der Waals surface area contributed by atoms with E-state index in [2.05, 4.69) is 46.4 Å².